The van der Waals surface area contributed by atoms with Crippen molar-refractivity contribution >= 4 is 23.1 Å². The molecule has 0 bridgehead atoms. The topological polar surface area (TPSA) is 92.7 Å². The first-order chi connectivity index (χ1) is 15.5. The summed E-state index contributed by atoms with van der Waals surface area (Å²) < 4.78 is 1.50. The van der Waals surface area contributed by atoms with E-state index in [-0.39, 0.29) is 29.3 Å². The number of aromatic amines is 1. The van der Waals surface area contributed by atoms with Crippen molar-refractivity contribution in [3.05, 3.63) is 81.6 Å². The van der Waals surface area contributed by atoms with E-state index in [1.165, 1.54) is 10.7 Å². The number of anilines is 1. The average molecular weight is 448 g/mol. The molecule has 4 rings (SSSR count). The van der Waals surface area contributed by atoms with Gasteiger partial charge in [-0.1, -0.05) is 57.2 Å². The maximum absolute atomic E-state index is 13.2. The number of nitrogens with one attached hydrogen (secondary N) is 2. The summed E-state index contributed by atoms with van der Waals surface area (Å²) in [5.41, 5.74) is 2.04. The van der Waals surface area contributed by atoms with Crippen LogP contribution in [-0.2, 0) is 4.79 Å². The van der Waals surface area contributed by atoms with Crippen LogP contribution in [-0.4, -0.2) is 25.7 Å². The highest BCUT2D eigenvalue weighted by atomic mass is 32.1. The fourth-order valence-corrected chi connectivity index (χ4v) is 4.19. The lowest BCUT2D eigenvalue weighted by atomic mass is 9.96. The first kappa shape index (κ1) is 21.7. The molecule has 7 nitrogen and oxygen atoms in total. The van der Waals surface area contributed by atoms with Crippen LogP contribution in [0, 0.1) is 0 Å². The zero-order chi connectivity index (χ0) is 22.7. The highest BCUT2D eigenvalue weighted by Crippen LogP contribution is 2.29. The predicted molar refractivity (Wildman–Crippen MR) is 127 cm³/mol. The van der Waals surface area contributed by atoms with Crippen LogP contribution in [0.5, 0.6) is 0 Å². The van der Waals surface area contributed by atoms with E-state index in [0.29, 0.717) is 23.6 Å². The molecular weight excluding hydrogens is 422 g/mol. The average Bonchev–Trinajstić information content (AvgIpc) is 3.45. The van der Waals surface area contributed by atoms with Crippen LogP contribution in [0.15, 0.2) is 64.8 Å². The van der Waals surface area contributed by atoms with Crippen molar-refractivity contribution < 1.29 is 4.79 Å². The molecule has 0 spiro atoms. The van der Waals surface area contributed by atoms with Gasteiger partial charge in [-0.15, -0.1) is 11.3 Å². The molecule has 1 unspecified atom stereocenters. The number of benzene rings is 1. The quantitative estimate of drug-likeness (QED) is 0.420. The molecule has 0 radical (unpaired) electrons. The Morgan fingerprint density at radius 1 is 1.16 bits per heavy atom. The molecule has 0 aliphatic heterocycles. The summed E-state index contributed by atoms with van der Waals surface area (Å²) in [6, 6.07) is 16.9. The van der Waals surface area contributed by atoms with E-state index < -0.39 is 0 Å². The summed E-state index contributed by atoms with van der Waals surface area (Å²) >= 11 is 1.55. The summed E-state index contributed by atoms with van der Waals surface area (Å²) in [5, 5.41) is 9.64. The van der Waals surface area contributed by atoms with E-state index in [0.717, 1.165) is 10.4 Å². The third kappa shape index (κ3) is 4.55. The third-order valence-corrected chi connectivity index (χ3v) is 6.09. The van der Waals surface area contributed by atoms with E-state index in [4.69, 9.17) is 0 Å². The van der Waals surface area contributed by atoms with Crippen LogP contribution in [0.3, 0.4) is 0 Å². The van der Waals surface area contributed by atoms with Crippen LogP contribution in [0.2, 0.25) is 0 Å². The Hall–Kier alpha value is -3.52. The van der Waals surface area contributed by atoms with Crippen molar-refractivity contribution in [2.75, 3.05) is 5.32 Å². The molecule has 32 heavy (non-hydrogen) atoms. The fraction of sp³-hybridized carbons (Fsp3) is 0.250. The van der Waals surface area contributed by atoms with Gasteiger partial charge in [-0.2, -0.15) is 9.78 Å². The van der Waals surface area contributed by atoms with Gasteiger partial charge in [0.1, 0.15) is 11.5 Å². The van der Waals surface area contributed by atoms with Crippen molar-refractivity contribution in [1.29, 1.82) is 0 Å². The van der Waals surface area contributed by atoms with Crippen molar-refractivity contribution in [3.8, 4) is 16.5 Å². The number of carbonyl (C=O) groups is 1. The molecule has 2 N–H and O–H groups in total. The van der Waals surface area contributed by atoms with Gasteiger partial charge in [-0.3, -0.25) is 14.6 Å². The van der Waals surface area contributed by atoms with Gasteiger partial charge < -0.3 is 5.32 Å². The Morgan fingerprint density at radius 2 is 1.94 bits per heavy atom. The summed E-state index contributed by atoms with van der Waals surface area (Å²) in [7, 11) is 0. The molecule has 8 heteroatoms. The number of hydrogen-bond acceptors (Lipinski definition) is 5. The molecule has 0 aliphatic carbocycles. The number of rotatable bonds is 7. The number of aromatic nitrogens is 4. The van der Waals surface area contributed by atoms with Crippen LogP contribution in [0.1, 0.15) is 50.3 Å². The van der Waals surface area contributed by atoms with Crippen molar-refractivity contribution in [3.63, 3.8) is 0 Å². The van der Waals surface area contributed by atoms with Crippen molar-refractivity contribution in [2.45, 2.75) is 39.0 Å². The summed E-state index contributed by atoms with van der Waals surface area (Å²) in [6.45, 7) is 5.93. The molecule has 1 atom stereocenters. The standard InChI is InChI=1S/C24H25N5O2S/c1-4-17(16-9-6-5-7-10-16)23(31)26-21-13-19(20-11-8-12-32-20)28-29(21)24-25-18(15(2)3)14-22(30)27-24/h5-15,17H,4H2,1-3H3,(H,26,31)(H,25,27,30). The van der Waals surface area contributed by atoms with E-state index in [2.05, 4.69) is 20.4 Å². The maximum atomic E-state index is 13.2. The van der Waals surface area contributed by atoms with Gasteiger partial charge in [0.15, 0.2) is 0 Å². The highest BCUT2D eigenvalue weighted by Gasteiger charge is 2.22. The van der Waals surface area contributed by atoms with Gasteiger partial charge in [0, 0.05) is 12.1 Å². The lowest BCUT2D eigenvalue weighted by Crippen LogP contribution is -2.23. The highest BCUT2D eigenvalue weighted by molar-refractivity contribution is 7.13. The molecule has 0 aliphatic rings. The molecular formula is C24H25N5O2S. The van der Waals surface area contributed by atoms with Crippen LogP contribution >= 0.6 is 11.3 Å². The number of thiophene rings is 1. The molecule has 3 aromatic heterocycles. The first-order valence-electron chi connectivity index (χ1n) is 10.6. The van der Waals surface area contributed by atoms with Crippen molar-refractivity contribution in [2.24, 2.45) is 0 Å². The zero-order valence-electron chi connectivity index (χ0n) is 18.2. The smallest absolute Gasteiger partial charge is 0.252 e. The molecule has 0 saturated heterocycles. The summed E-state index contributed by atoms with van der Waals surface area (Å²) in [6.07, 6.45) is 0.652. The van der Waals surface area contributed by atoms with Gasteiger partial charge in [-0.25, -0.2) is 4.98 Å². The van der Waals surface area contributed by atoms with E-state index in [1.54, 1.807) is 11.3 Å². The Balaban J connectivity index is 1.76. The van der Waals surface area contributed by atoms with E-state index >= 15 is 0 Å². The second kappa shape index (κ2) is 9.32. The molecule has 1 aromatic carbocycles. The molecule has 0 fully saturated rings. The lowest BCUT2D eigenvalue weighted by molar-refractivity contribution is -0.117. The molecule has 3 heterocycles. The number of hydrogen-bond donors (Lipinski definition) is 2. The Kier molecular flexibility index (Phi) is 6.32. The van der Waals surface area contributed by atoms with Gasteiger partial charge in [0.05, 0.1) is 16.5 Å². The van der Waals surface area contributed by atoms with Gasteiger partial charge in [-0.05, 0) is 29.3 Å². The van der Waals surface area contributed by atoms with E-state index in [1.807, 2.05) is 74.7 Å². The predicted octanol–water partition coefficient (Wildman–Crippen LogP) is 4.94. The van der Waals surface area contributed by atoms with Gasteiger partial charge in [0.25, 0.3) is 5.56 Å². The van der Waals surface area contributed by atoms with Crippen LogP contribution < -0.4 is 10.9 Å². The number of carbonyl (C=O) groups excluding carboxylic acids is 1. The minimum atomic E-state index is -0.307. The second-order valence-corrected chi connectivity index (χ2v) is 8.76. The minimum absolute atomic E-state index is 0.0731. The Labute approximate surface area is 190 Å². The Morgan fingerprint density at radius 3 is 2.59 bits per heavy atom. The summed E-state index contributed by atoms with van der Waals surface area (Å²) in [4.78, 5) is 33.8. The lowest BCUT2D eigenvalue weighted by Gasteiger charge is -2.16. The molecule has 0 saturated carbocycles. The molecule has 164 valence electrons. The van der Waals surface area contributed by atoms with Crippen molar-refractivity contribution in [1.82, 2.24) is 19.7 Å². The Bertz CT molecular complexity index is 1260. The SMILES string of the molecule is CCC(C(=O)Nc1cc(-c2cccs2)nn1-c1nc(C(C)C)cc(=O)[nH]1)c1ccccc1. The molecule has 1 amide bonds. The minimum Gasteiger partial charge on any atom is -0.310 e. The number of nitrogens with zero attached hydrogens (tertiary/aromatic N) is 3. The first-order valence-corrected chi connectivity index (χ1v) is 11.5. The molecule has 4 aromatic rings. The maximum Gasteiger partial charge on any atom is 0.252 e. The van der Waals surface area contributed by atoms with Crippen LogP contribution in [0.4, 0.5) is 5.82 Å². The van der Waals surface area contributed by atoms with Crippen LogP contribution in [0.25, 0.3) is 16.5 Å². The normalized spacial score (nSPS) is 12.1. The van der Waals surface area contributed by atoms with Gasteiger partial charge >= 0.3 is 0 Å². The largest absolute Gasteiger partial charge is 0.310 e. The monoisotopic (exact) mass is 447 g/mol. The fourth-order valence-electron chi connectivity index (χ4n) is 3.51. The summed E-state index contributed by atoms with van der Waals surface area (Å²) in [5.74, 6) is 0.353. The van der Waals surface area contributed by atoms with E-state index in [9.17, 15) is 9.59 Å². The third-order valence-electron chi connectivity index (χ3n) is 5.20. The number of H-pyrrole nitrogens is 1. The second-order valence-electron chi connectivity index (χ2n) is 7.81. The number of amides is 1. The zero-order valence-corrected chi connectivity index (χ0v) is 19.0. The van der Waals surface area contributed by atoms with Gasteiger partial charge in [0.2, 0.25) is 11.9 Å².